The van der Waals surface area contributed by atoms with Crippen LogP contribution in [0, 0.1) is 0 Å². The Labute approximate surface area is 75.9 Å². The quantitative estimate of drug-likeness (QED) is 0.839. The van der Waals surface area contributed by atoms with Gasteiger partial charge < -0.3 is 5.73 Å². The molecule has 2 N–H and O–H groups in total. The standard InChI is InChI=1S/C8H11N.Pt/c1-7(9)8-5-3-2-4-6-8;/h2-7H,9H2,1H3;/t7-;/m1./s1. The Bertz CT molecular complexity index is 172. The minimum absolute atomic E-state index is 0. The van der Waals surface area contributed by atoms with Gasteiger partial charge in [0.15, 0.2) is 0 Å². The van der Waals surface area contributed by atoms with E-state index in [0.29, 0.717) is 0 Å². The average molecular weight is 316 g/mol. The van der Waals surface area contributed by atoms with Crippen LogP contribution in [0.5, 0.6) is 0 Å². The predicted molar refractivity (Wildman–Crippen MR) is 39.0 cm³/mol. The molecule has 0 spiro atoms. The predicted octanol–water partition coefficient (Wildman–Crippen LogP) is 1.70. The normalized spacial score (nSPS) is 11.8. The summed E-state index contributed by atoms with van der Waals surface area (Å²) in [6.45, 7) is 1.98. The van der Waals surface area contributed by atoms with Crippen LogP contribution < -0.4 is 5.73 Å². The molecular weight excluding hydrogens is 305 g/mol. The van der Waals surface area contributed by atoms with Crippen LogP contribution in [0.15, 0.2) is 30.3 Å². The molecule has 0 amide bonds. The summed E-state index contributed by atoms with van der Waals surface area (Å²) in [7, 11) is 0. The van der Waals surface area contributed by atoms with Crippen molar-refractivity contribution in [2.75, 3.05) is 0 Å². The molecule has 0 saturated carbocycles. The van der Waals surface area contributed by atoms with Crippen molar-refractivity contribution in [1.29, 1.82) is 0 Å². The Hall–Kier alpha value is -0.132. The van der Waals surface area contributed by atoms with E-state index in [0.717, 1.165) is 0 Å². The van der Waals surface area contributed by atoms with E-state index in [2.05, 4.69) is 0 Å². The Kier molecular flexibility index (Phi) is 4.59. The van der Waals surface area contributed by atoms with Gasteiger partial charge in [0.05, 0.1) is 0 Å². The Morgan fingerprint density at radius 1 is 1.20 bits per heavy atom. The smallest absolute Gasteiger partial charge is 0.0266 e. The van der Waals surface area contributed by atoms with Crippen molar-refractivity contribution < 1.29 is 21.1 Å². The summed E-state index contributed by atoms with van der Waals surface area (Å²) in [4.78, 5) is 0. The molecule has 1 aromatic rings. The van der Waals surface area contributed by atoms with E-state index in [9.17, 15) is 0 Å². The molecule has 0 unspecified atom stereocenters. The van der Waals surface area contributed by atoms with E-state index in [4.69, 9.17) is 5.73 Å². The second-order valence-corrected chi connectivity index (χ2v) is 2.20. The fourth-order valence-electron chi connectivity index (χ4n) is 0.757. The number of hydrogen-bond donors (Lipinski definition) is 1. The minimum atomic E-state index is 0. The molecule has 1 atom stereocenters. The monoisotopic (exact) mass is 316 g/mol. The van der Waals surface area contributed by atoms with E-state index >= 15 is 0 Å². The molecule has 1 rings (SSSR count). The molecule has 0 saturated heterocycles. The molecule has 1 nitrogen and oxygen atoms in total. The van der Waals surface area contributed by atoms with Crippen LogP contribution in [0.25, 0.3) is 0 Å². The van der Waals surface area contributed by atoms with Gasteiger partial charge in [-0.05, 0) is 12.5 Å². The SMILES string of the molecule is C[C@@H](N)c1ccccc1.[Pt]. The van der Waals surface area contributed by atoms with Gasteiger partial charge in [-0.3, -0.25) is 0 Å². The van der Waals surface area contributed by atoms with Crippen LogP contribution in [0.2, 0.25) is 0 Å². The van der Waals surface area contributed by atoms with Gasteiger partial charge in [0, 0.05) is 27.1 Å². The molecular formula is C8H11NPt. The summed E-state index contributed by atoms with van der Waals surface area (Å²) in [5.41, 5.74) is 6.81. The fraction of sp³-hybridized carbons (Fsp3) is 0.250. The number of nitrogens with two attached hydrogens (primary N) is 1. The number of benzene rings is 1. The first kappa shape index (κ1) is 9.87. The third-order valence-electron chi connectivity index (χ3n) is 1.33. The Morgan fingerprint density at radius 3 is 2.00 bits per heavy atom. The first-order valence-corrected chi connectivity index (χ1v) is 3.11. The van der Waals surface area contributed by atoms with Gasteiger partial charge in [0.1, 0.15) is 0 Å². The van der Waals surface area contributed by atoms with Crippen LogP contribution in [0.1, 0.15) is 18.5 Å². The van der Waals surface area contributed by atoms with Crippen molar-refractivity contribution >= 4 is 0 Å². The van der Waals surface area contributed by atoms with Gasteiger partial charge in [-0.2, -0.15) is 0 Å². The fourth-order valence-corrected chi connectivity index (χ4v) is 0.757. The third kappa shape index (κ3) is 2.64. The zero-order valence-electron chi connectivity index (χ0n) is 5.86. The molecule has 0 aliphatic rings. The van der Waals surface area contributed by atoms with Crippen LogP contribution in [0.4, 0.5) is 0 Å². The Balaban J connectivity index is 0.000000810. The average Bonchev–Trinajstić information content (AvgIpc) is 1.90. The van der Waals surface area contributed by atoms with Gasteiger partial charge >= 0.3 is 0 Å². The maximum Gasteiger partial charge on any atom is 0.0266 e. The van der Waals surface area contributed by atoms with Crippen molar-refractivity contribution in [3.05, 3.63) is 35.9 Å². The molecule has 0 aliphatic carbocycles. The molecule has 0 aromatic heterocycles. The molecule has 2 heteroatoms. The van der Waals surface area contributed by atoms with E-state index in [-0.39, 0.29) is 27.1 Å². The molecule has 0 fully saturated rings. The van der Waals surface area contributed by atoms with Crippen LogP contribution in [-0.4, -0.2) is 0 Å². The zero-order valence-corrected chi connectivity index (χ0v) is 8.13. The molecule has 0 aliphatic heterocycles. The maximum atomic E-state index is 5.61. The van der Waals surface area contributed by atoms with Crippen LogP contribution in [0.3, 0.4) is 0 Å². The second-order valence-electron chi connectivity index (χ2n) is 2.20. The van der Waals surface area contributed by atoms with Gasteiger partial charge in [0.25, 0.3) is 0 Å². The summed E-state index contributed by atoms with van der Waals surface area (Å²) in [6.07, 6.45) is 0. The van der Waals surface area contributed by atoms with Crippen molar-refractivity contribution in [3.63, 3.8) is 0 Å². The number of hydrogen-bond acceptors (Lipinski definition) is 1. The van der Waals surface area contributed by atoms with Crippen molar-refractivity contribution in [3.8, 4) is 0 Å². The second kappa shape index (κ2) is 4.65. The Morgan fingerprint density at radius 2 is 1.70 bits per heavy atom. The summed E-state index contributed by atoms with van der Waals surface area (Å²) < 4.78 is 0. The van der Waals surface area contributed by atoms with Crippen LogP contribution >= 0.6 is 0 Å². The van der Waals surface area contributed by atoms with Crippen molar-refractivity contribution in [2.45, 2.75) is 13.0 Å². The molecule has 10 heavy (non-hydrogen) atoms. The first-order valence-electron chi connectivity index (χ1n) is 3.11. The minimum Gasteiger partial charge on any atom is -0.324 e. The largest absolute Gasteiger partial charge is 0.324 e. The van der Waals surface area contributed by atoms with E-state index in [1.807, 2.05) is 37.3 Å². The molecule has 58 valence electrons. The third-order valence-corrected chi connectivity index (χ3v) is 1.33. The zero-order chi connectivity index (χ0) is 6.69. The molecule has 0 bridgehead atoms. The molecule has 1 aromatic carbocycles. The van der Waals surface area contributed by atoms with Crippen molar-refractivity contribution in [1.82, 2.24) is 0 Å². The first-order chi connectivity index (χ1) is 4.30. The van der Waals surface area contributed by atoms with Gasteiger partial charge in [0.2, 0.25) is 0 Å². The topological polar surface area (TPSA) is 26.0 Å². The summed E-state index contributed by atoms with van der Waals surface area (Å²) >= 11 is 0. The summed E-state index contributed by atoms with van der Waals surface area (Å²) in [5.74, 6) is 0. The molecule has 0 radical (unpaired) electrons. The van der Waals surface area contributed by atoms with E-state index < -0.39 is 0 Å². The van der Waals surface area contributed by atoms with Gasteiger partial charge in [-0.25, -0.2) is 0 Å². The van der Waals surface area contributed by atoms with Gasteiger partial charge in [-0.1, -0.05) is 30.3 Å². The van der Waals surface area contributed by atoms with E-state index in [1.165, 1.54) is 5.56 Å². The van der Waals surface area contributed by atoms with Crippen molar-refractivity contribution in [2.24, 2.45) is 5.73 Å². The summed E-state index contributed by atoms with van der Waals surface area (Å²) in [5, 5.41) is 0. The number of rotatable bonds is 1. The van der Waals surface area contributed by atoms with Gasteiger partial charge in [-0.15, -0.1) is 0 Å². The van der Waals surface area contributed by atoms with Crippen LogP contribution in [-0.2, 0) is 21.1 Å². The molecule has 0 heterocycles. The summed E-state index contributed by atoms with van der Waals surface area (Å²) in [6, 6.07) is 10.2. The van der Waals surface area contributed by atoms with E-state index in [1.54, 1.807) is 0 Å². The maximum absolute atomic E-state index is 5.61.